The van der Waals surface area contributed by atoms with Gasteiger partial charge >= 0.3 is 0 Å². The topological polar surface area (TPSA) is 87.3 Å². The number of hydrogen-bond acceptors (Lipinski definition) is 3. The third-order valence-corrected chi connectivity index (χ3v) is 4.08. The van der Waals surface area contributed by atoms with E-state index >= 15 is 0 Å². The third-order valence-electron chi connectivity index (χ3n) is 4.08. The zero-order valence-electron chi connectivity index (χ0n) is 16.0. The molecule has 0 fully saturated rings. The summed E-state index contributed by atoms with van der Waals surface area (Å²) in [6.45, 7) is 7.01. The van der Waals surface area contributed by atoms with Gasteiger partial charge in [0.15, 0.2) is 0 Å². The third kappa shape index (κ3) is 5.67. The van der Waals surface area contributed by atoms with Gasteiger partial charge in [0.1, 0.15) is 6.04 Å². The van der Waals surface area contributed by atoms with Crippen molar-refractivity contribution in [3.8, 4) is 0 Å². The highest BCUT2D eigenvalue weighted by Gasteiger charge is 2.25. The van der Waals surface area contributed by atoms with Crippen molar-refractivity contribution >= 4 is 29.1 Å². The van der Waals surface area contributed by atoms with Gasteiger partial charge in [-0.1, -0.05) is 38.1 Å². The Kier molecular flexibility index (Phi) is 6.71. The van der Waals surface area contributed by atoms with Gasteiger partial charge in [-0.3, -0.25) is 14.4 Å². The first-order valence-corrected chi connectivity index (χ1v) is 8.83. The summed E-state index contributed by atoms with van der Waals surface area (Å²) in [5.41, 5.74) is 2.52. The van der Waals surface area contributed by atoms with Crippen molar-refractivity contribution in [2.24, 2.45) is 5.92 Å². The van der Waals surface area contributed by atoms with Crippen molar-refractivity contribution in [1.82, 2.24) is 5.32 Å². The highest BCUT2D eigenvalue weighted by atomic mass is 16.2. The van der Waals surface area contributed by atoms with Crippen molar-refractivity contribution in [3.63, 3.8) is 0 Å². The smallest absolute Gasteiger partial charge is 0.252 e. The molecule has 2 aromatic carbocycles. The van der Waals surface area contributed by atoms with E-state index in [0.717, 1.165) is 5.56 Å². The second kappa shape index (κ2) is 8.98. The van der Waals surface area contributed by atoms with Crippen molar-refractivity contribution in [1.29, 1.82) is 0 Å². The number of aryl methyl sites for hydroxylation is 1. The summed E-state index contributed by atoms with van der Waals surface area (Å²) >= 11 is 0. The predicted octanol–water partition coefficient (Wildman–Crippen LogP) is 3.35. The first-order valence-electron chi connectivity index (χ1n) is 8.83. The molecule has 0 aliphatic rings. The molecule has 0 spiro atoms. The molecule has 1 unspecified atom stereocenters. The van der Waals surface area contributed by atoms with Gasteiger partial charge in [-0.05, 0) is 42.7 Å². The van der Waals surface area contributed by atoms with Crippen molar-refractivity contribution in [2.75, 3.05) is 10.6 Å². The molecule has 6 nitrogen and oxygen atoms in total. The lowest BCUT2D eigenvalue weighted by molar-refractivity contribution is -0.119. The van der Waals surface area contributed by atoms with E-state index in [0.29, 0.717) is 16.9 Å². The van der Waals surface area contributed by atoms with Gasteiger partial charge < -0.3 is 16.0 Å². The highest BCUT2D eigenvalue weighted by molar-refractivity contribution is 6.02. The van der Waals surface area contributed by atoms with Crippen LogP contribution in [-0.4, -0.2) is 23.8 Å². The Bertz CT molecular complexity index is 846. The van der Waals surface area contributed by atoms with Gasteiger partial charge in [0.05, 0.1) is 0 Å². The molecule has 0 heterocycles. The van der Waals surface area contributed by atoms with Gasteiger partial charge in [0, 0.05) is 23.9 Å². The molecule has 0 aliphatic carbocycles. The molecule has 0 saturated carbocycles. The molecule has 1 atom stereocenters. The summed E-state index contributed by atoms with van der Waals surface area (Å²) in [5, 5.41) is 8.29. The normalized spacial score (nSPS) is 11.6. The van der Waals surface area contributed by atoms with Crippen LogP contribution in [0.15, 0.2) is 48.5 Å². The van der Waals surface area contributed by atoms with Crippen LogP contribution in [0.2, 0.25) is 0 Å². The molecular formula is C21H25N3O3. The van der Waals surface area contributed by atoms with Crippen molar-refractivity contribution in [3.05, 3.63) is 59.7 Å². The van der Waals surface area contributed by atoms with Gasteiger partial charge in [-0.2, -0.15) is 0 Å². The van der Waals surface area contributed by atoms with Crippen LogP contribution in [0, 0.1) is 12.8 Å². The average Bonchev–Trinajstić information content (AvgIpc) is 2.59. The van der Waals surface area contributed by atoms with E-state index in [-0.39, 0.29) is 23.6 Å². The molecule has 0 radical (unpaired) electrons. The molecule has 6 heteroatoms. The van der Waals surface area contributed by atoms with E-state index in [1.807, 2.05) is 32.9 Å². The van der Waals surface area contributed by atoms with Crippen molar-refractivity contribution in [2.45, 2.75) is 33.7 Å². The molecule has 0 bridgehead atoms. The molecule has 2 rings (SSSR count). The van der Waals surface area contributed by atoms with Crippen molar-refractivity contribution < 1.29 is 14.4 Å². The maximum Gasteiger partial charge on any atom is 0.252 e. The fourth-order valence-corrected chi connectivity index (χ4v) is 2.68. The van der Waals surface area contributed by atoms with E-state index in [4.69, 9.17) is 0 Å². The summed E-state index contributed by atoms with van der Waals surface area (Å²) in [7, 11) is 0. The quantitative estimate of drug-likeness (QED) is 0.732. The first-order chi connectivity index (χ1) is 12.8. The van der Waals surface area contributed by atoms with Crippen LogP contribution in [0.4, 0.5) is 11.4 Å². The maximum atomic E-state index is 12.7. The number of amides is 3. The zero-order chi connectivity index (χ0) is 20.0. The molecule has 3 amide bonds. The Balaban J connectivity index is 2.12. The molecule has 0 aliphatic heterocycles. The fourth-order valence-electron chi connectivity index (χ4n) is 2.68. The van der Waals surface area contributed by atoms with Crippen LogP contribution < -0.4 is 16.0 Å². The van der Waals surface area contributed by atoms with E-state index < -0.39 is 6.04 Å². The average molecular weight is 367 g/mol. The summed E-state index contributed by atoms with van der Waals surface area (Å²) in [4.78, 5) is 36.5. The van der Waals surface area contributed by atoms with Gasteiger partial charge in [0.2, 0.25) is 11.8 Å². The summed E-state index contributed by atoms with van der Waals surface area (Å²) in [5.74, 6) is -0.888. The van der Waals surface area contributed by atoms with Crippen LogP contribution in [0.3, 0.4) is 0 Å². The Labute approximate surface area is 159 Å². The Morgan fingerprint density at radius 2 is 1.52 bits per heavy atom. The highest BCUT2D eigenvalue weighted by Crippen LogP contribution is 2.17. The van der Waals surface area contributed by atoms with Gasteiger partial charge in [0.25, 0.3) is 5.91 Å². The number of nitrogens with one attached hydrogen (secondary N) is 3. The van der Waals surface area contributed by atoms with Gasteiger partial charge in [-0.15, -0.1) is 0 Å². The molecule has 142 valence electrons. The van der Waals surface area contributed by atoms with Crippen LogP contribution >= 0.6 is 0 Å². The van der Waals surface area contributed by atoms with E-state index in [1.165, 1.54) is 6.92 Å². The van der Waals surface area contributed by atoms with Crippen LogP contribution in [0.25, 0.3) is 0 Å². The first kappa shape index (κ1) is 20.2. The zero-order valence-corrected chi connectivity index (χ0v) is 16.0. The Morgan fingerprint density at radius 3 is 2.11 bits per heavy atom. The minimum atomic E-state index is -0.693. The number of carbonyl (C=O) groups is 3. The molecule has 0 aromatic heterocycles. The Hall–Kier alpha value is -3.15. The second-order valence-corrected chi connectivity index (χ2v) is 6.76. The largest absolute Gasteiger partial charge is 0.340 e. The molecule has 2 aromatic rings. The van der Waals surface area contributed by atoms with E-state index in [1.54, 1.807) is 36.4 Å². The minimum Gasteiger partial charge on any atom is -0.340 e. The Morgan fingerprint density at radius 1 is 0.889 bits per heavy atom. The molecule has 27 heavy (non-hydrogen) atoms. The fraction of sp³-hybridized carbons (Fsp3) is 0.286. The maximum absolute atomic E-state index is 12.7. The molecule has 3 N–H and O–H groups in total. The minimum absolute atomic E-state index is 0.100. The number of benzene rings is 2. The van der Waals surface area contributed by atoms with E-state index in [9.17, 15) is 14.4 Å². The summed E-state index contributed by atoms with van der Waals surface area (Å²) < 4.78 is 0. The molecular weight excluding hydrogens is 342 g/mol. The lowest BCUT2D eigenvalue weighted by Gasteiger charge is -2.22. The van der Waals surface area contributed by atoms with E-state index in [2.05, 4.69) is 16.0 Å². The summed E-state index contributed by atoms with van der Waals surface area (Å²) in [6, 6.07) is 13.4. The lowest BCUT2D eigenvalue weighted by Crippen LogP contribution is -2.47. The van der Waals surface area contributed by atoms with Gasteiger partial charge in [-0.25, -0.2) is 0 Å². The van der Waals surface area contributed by atoms with Crippen LogP contribution in [-0.2, 0) is 9.59 Å². The number of carbonyl (C=O) groups excluding carboxylic acids is 3. The SMILES string of the molecule is CC(=O)Nc1cccc(NC(=O)C(NC(=O)c2ccccc2C)C(C)C)c1. The lowest BCUT2D eigenvalue weighted by atomic mass is 10.0. The predicted molar refractivity (Wildman–Crippen MR) is 107 cm³/mol. The monoisotopic (exact) mass is 367 g/mol. The number of anilines is 2. The number of rotatable bonds is 6. The number of hydrogen-bond donors (Lipinski definition) is 3. The van der Waals surface area contributed by atoms with Crippen LogP contribution in [0.5, 0.6) is 0 Å². The second-order valence-electron chi connectivity index (χ2n) is 6.76. The summed E-state index contributed by atoms with van der Waals surface area (Å²) in [6.07, 6.45) is 0. The molecule has 0 saturated heterocycles. The standard InChI is InChI=1S/C21H25N3O3/c1-13(2)19(24-20(26)18-11-6-5-8-14(18)3)21(27)23-17-10-7-9-16(12-17)22-15(4)25/h5-13,19H,1-4H3,(H,22,25)(H,23,27)(H,24,26). The van der Waals surface area contributed by atoms with Crippen LogP contribution in [0.1, 0.15) is 36.7 Å².